The Morgan fingerprint density at radius 3 is 2.76 bits per heavy atom. The average Bonchev–Trinajstić information content (AvgIpc) is 2.29. The summed E-state index contributed by atoms with van der Waals surface area (Å²) >= 11 is 0. The Bertz CT molecular complexity index is 352. The molecule has 6 heteroatoms. The molecule has 0 aromatic rings. The van der Waals surface area contributed by atoms with Crippen LogP contribution in [0.1, 0.15) is 26.2 Å². The number of hydrogen-bond acceptors (Lipinski definition) is 4. The Morgan fingerprint density at radius 1 is 1.47 bits per heavy atom. The lowest BCUT2D eigenvalue weighted by molar-refractivity contribution is -0.121. The Kier molecular flexibility index (Phi) is 5.55. The maximum Gasteiger partial charge on any atom is 0.214 e. The summed E-state index contributed by atoms with van der Waals surface area (Å²) in [7, 11) is -1.67. The van der Waals surface area contributed by atoms with Gasteiger partial charge in [-0.2, -0.15) is 0 Å². The lowest BCUT2D eigenvalue weighted by atomic mass is 9.96. The molecule has 0 radical (unpaired) electrons. The highest BCUT2D eigenvalue weighted by Crippen LogP contribution is 2.20. The van der Waals surface area contributed by atoms with Crippen molar-refractivity contribution in [3.8, 4) is 0 Å². The predicted molar refractivity (Wildman–Crippen MR) is 65.3 cm³/mol. The second-order valence-electron chi connectivity index (χ2n) is 4.47. The molecule has 1 fully saturated rings. The zero-order chi connectivity index (χ0) is 12.9. The van der Waals surface area contributed by atoms with Crippen LogP contribution in [0.3, 0.4) is 0 Å². The summed E-state index contributed by atoms with van der Waals surface area (Å²) < 4.78 is 30.3. The minimum atomic E-state index is -3.22. The number of carbonyl (C=O) groups excluding carboxylic acids is 1. The first-order valence-electron chi connectivity index (χ1n) is 5.94. The van der Waals surface area contributed by atoms with Crippen molar-refractivity contribution in [3.05, 3.63) is 0 Å². The van der Waals surface area contributed by atoms with E-state index in [2.05, 4.69) is 0 Å². The van der Waals surface area contributed by atoms with Gasteiger partial charge in [0.25, 0.3) is 0 Å². The highest BCUT2D eigenvalue weighted by molar-refractivity contribution is 7.89. The van der Waals surface area contributed by atoms with Crippen LogP contribution in [-0.4, -0.2) is 51.1 Å². The van der Waals surface area contributed by atoms with E-state index in [1.54, 1.807) is 7.11 Å². The molecule has 1 unspecified atom stereocenters. The summed E-state index contributed by atoms with van der Waals surface area (Å²) in [5, 5.41) is 0. The number of ketones is 1. The topological polar surface area (TPSA) is 63.7 Å². The minimum Gasteiger partial charge on any atom is -0.385 e. The van der Waals surface area contributed by atoms with E-state index >= 15 is 0 Å². The van der Waals surface area contributed by atoms with Crippen molar-refractivity contribution < 1.29 is 17.9 Å². The van der Waals surface area contributed by atoms with Gasteiger partial charge in [-0.3, -0.25) is 4.79 Å². The molecule has 1 aliphatic rings. The number of methoxy groups -OCH3 is 1. The zero-order valence-corrected chi connectivity index (χ0v) is 11.3. The van der Waals surface area contributed by atoms with Gasteiger partial charge in [-0.1, -0.05) is 0 Å². The van der Waals surface area contributed by atoms with Gasteiger partial charge >= 0.3 is 0 Å². The lowest BCUT2D eigenvalue weighted by Crippen LogP contribution is -2.42. The molecule has 0 spiro atoms. The largest absolute Gasteiger partial charge is 0.385 e. The van der Waals surface area contributed by atoms with Crippen LogP contribution in [0.25, 0.3) is 0 Å². The molecule has 100 valence electrons. The monoisotopic (exact) mass is 263 g/mol. The van der Waals surface area contributed by atoms with Crippen LogP contribution in [0.4, 0.5) is 0 Å². The van der Waals surface area contributed by atoms with Crippen LogP contribution < -0.4 is 0 Å². The van der Waals surface area contributed by atoms with Crippen molar-refractivity contribution >= 4 is 15.8 Å². The second-order valence-corrected chi connectivity index (χ2v) is 6.56. The van der Waals surface area contributed by atoms with E-state index in [1.165, 1.54) is 11.2 Å². The van der Waals surface area contributed by atoms with Gasteiger partial charge in [0, 0.05) is 32.7 Å². The number of piperidine rings is 1. The number of carbonyl (C=O) groups is 1. The second kappa shape index (κ2) is 6.47. The smallest absolute Gasteiger partial charge is 0.214 e. The fourth-order valence-electron chi connectivity index (χ4n) is 2.04. The zero-order valence-electron chi connectivity index (χ0n) is 10.5. The molecule has 1 heterocycles. The third-order valence-electron chi connectivity index (χ3n) is 3.10. The quantitative estimate of drug-likeness (QED) is 0.660. The van der Waals surface area contributed by atoms with Gasteiger partial charge in [-0.15, -0.1) is 0 Å². The van der Waals surface area contributed by atoms with Crippen LogP contribution >= 0.6 is 0 Å². The van der Waals surface area contributed by atoms with E-state index in [1.807, 2.05) is 0 Å². The molecule has 5 nitrogen and oxygen atoms in total. The summed E-state index contributed by atoms with van der Waals surface area (Å²) in [6.45, 7) is 2.87. The molecule has 0 saturated carbocycles. The minimum absolute atomic E-state index is 0.0850. The van der Waals surface area contributed by atoms with E-state index in [0.29, 0.717) is 26.1 Å². The molecule has 0 bridgehead atoms. The van der Waals surface area contributed by atoms with Crippen LogP contribution in [0.15, 0.2) is 0 Å². The number of ether oxygens (including phenoxy) is 1. The summed E-state index contributed by atoms with van der Waals surface area (Å²) in [5.74, 6) is 0.0635. The van der Waals surface area contributed by atoms with Crippen molar-refractivity contribution in [1.82, 2.24) is 4.31 Å². The van der Waals surface area contributed by atoms with E-state index in [0.717, 1.165) is 12.8 Å². The fourth-order valence-corrected chi connectivity index (χ4v) is 3.60. The van der Waals surface area contributed by atoms with Crippen molar-refractivity contribution in [3.63, 3.8) is 0 Å². The molecule has 0 amide bonds. The summed E-state index contributed by atoms with van der Waals surface area (Å²) in [6.07, 6.45) is 2.08. The van der Waals surface area contributed by atoms with Crippen LogP contribution in [-0.2, 0) is 19.6 Å². The molecule has 0 aromatic carbocycles. The molecule has 0 aromatic heterocycles. The van der Waals surface area contributed by atoms with Crippen molar-refractivity contribution in [2.24, 2.45) is 5.92 Å². The van der Waals surface area contributed by atoms with Gasteiger partial charge in [0.2, 0.25) is 10.0 Å². The SMILES string of the molecule is COCCCS(=O)(=O)N1CCCC(C(C)=O)C1. The van der Waals surface area contributed by atoms with Gasteiger partial charge in [-0.25, -0.2) is 12.7 Å². The van der Waals surface area contributed by atoms with Crippen molar-refractivity contribution in [2.75, 3.05) is 32.6 Å². The highest BCUT2D eigenvalue weighted by atomic mass is 32.2. The molecule has 0 aliphatic carbocycles. The average molecular weight is 263 g/mol. The van der Waals surface area contributed by atoms with Crippen LogP contribution in [0.5, 0.6) is 0 Å². The van der Waals surface area contributed by atoms with Gasteiger partial charge < -0.3 is 4.74 Å². The van der Waals surface area contributed by atoms with Crippen LogP contribution in [0, 0.1) is 5.92 Å². The number of Topliss-reactive ketones (excluding diaryl/α,β-unsaturated/α-hetero) is 1. The highest BCUT2D eigenvalue weighted by Gasteiger charge is 2.30. The number of nitrogens with zero attached hydrogens (tertiary/aromatic N) is 1. The van der Waals surface area contributed by atoms with Crippen molar-refractivity contribution in [1.29, 1.82) is 0 Å². The van der Waals surface area contributed by atoms with Gasteiger partial charge in [0.05, 0.1) is 5.75 Å². The van der Waals surface area contributed by atoms with Gasteiger partial charge in [0.15, 0.2) is 0 Å². The first-order valence-corrected chi connectivity index (χ1v) is 7.55. The molecule has 17 heavy (non-hydrogen) atoms. The summed E-state index contributed by atoms with van der Waals surface area (Å²) in [6, 6.07) is 0. The summed E-state index contributed by atoms with van der Waals surface area (Å²) in [4.78, 5) is 11.3. The first kappa shape index (κ1) is 14.6. The molecule has 0 N–H and O–H groups in total. The number of rotatable bonds is 6. The van der Waals surface area contributed by atoms with E-state index in [9.17, 15) is 13.2 Å². The number of sulfonamides is 1. The third-order valence-corrected chi connectivity index (χ3v) is 5.03. The molecule has 1 saturated heterocycles. The van der Waals surface area contributed by atoms with Crippen molar-refractivity contribution in [2.45, 2.75) is 26.2 Å². The Balaban J connectivity index is 2.55. The van der Waals surface area contributed by atoms with E-state index in [4.69, 9.17) is 4.74 Å². The Labute approximate surface area is 103 Å². The van der Waals surface area contributed by atoms with Gasteiger partial charge in [0.1, 0.15) is 5.78 Å². The first-order chi connectivity index (χ1) is 7.97. The molecular weight excluding hydrogens is 242 g/mol. The maximum absolute atomic E-state index is 12.0. The molecule has 1 aliphatic heterocycles. The molecule has 1 atom stereocenters. The molecular formula is C11H21NO4S. The van der Waals surface area contributed by atoms with Gasteiger partial charge in [-0.05, 0) is 26.2 Å². The Morgan fingerprint density at radius 2 is 2.18 bits per heavy atom. The standard InChI is InChI=1S/C11H21NO4S/c1-10(13)11-5-3-6-12(9-11)17(14,15)8-4-7-16-2/h11H,3-9H2,1-2H3. The lowest BCUT2D eigenvalue weighted by Gasteiger charge is -2.30. The fraction of sp³-hybridized carbons (Fsp3) is 0.909. The van der Waals surface area contributed by atoms with E-state index in [-0.39, 0.29) is 17.5 Å². The number of hydrogen-bond donors (Lipinski definition) is 0. The predicted octanol–water partition coefficient (Wildman–Crippen LogP) is 0.654. The Hall–Kier alpha value is -0.460. The molecule has 1 rings (SSSR count). The normalized spacial score (nSPS) is 22.6. The van der Waals surface area contributed by atoms with Crippen LogP contribution in [0.2, 0.25) is 0 Å². The third kappa shape index (κ3) is 4.37. The maximum atomic E-state index is 12.0. The van der Waals surface area contributed by atoms with E-state index < -0.39 is 10.0 Å². The summed E-state index contributed by atoms with van der Waals surface area (Å²) in [5.41, 5.74) is 0.